The van der Waals surface area contributed by atoms with Crippen LogP contribution in [0.4, 0.5) is 4.79 Å². The van der Waals surface area contributed by atoms with E-state index in [9.17, 15) is 14.7 Å². The van der Waals surface area contributed by atoms with Crippen molar-refractivity contribution in [1.82, 2.24) is 4.90 Å². The van der Waals surface area contributed by atoms with E-state index in [4.69, 9.17) is 5.53 Å². The molecular formula is C20H28N5O3+. The number of carboxylic acid groups (broad SMARTS) is 1. The molecule has 1 saturated heterocycles. The Labute approximate surface area is 165 Å². The Morgan fingerprint density at radius 2 is 1.96 bits per heavy atom. The van der Waals surface area contributed by atoms with Crippen LogP contribution in [0.3, 0.4) is 0 Å². The first-order valence-electron chi connectivity index (χ1n) is 9.70. The van der Waals surface area contributed by atoms with E-state index in [1.54, 1.807) is 4.90 Å². The SMILES string of the molecule is CC(C)(C)[N+]1(C(=O)O)CC(N=[N+]=[N-])C(=O)N(CC2CC2)CC1c1ccccc1. The Morgan fingerprint density at radius 3 is 2.46 bits per heavy atom. The number of carbonyl (C=O) groups is 2. The lowest BCUT2D eigenvalue weighted by molar-refractivity contribution is -0.930. The quantitative estimate of drug-likeness (QED) is 0.366. The summed E-state index contributed by atoms with van der Waals surface area (Å²) >= 11 is 0. The number of hydrogen-bond acceptors (Lipinski definition) is 3. The fourth-order valence-electron chi connectivity index (χ4n) is 4.33. The highest BCUT2D eigenvalue weighted by Crippen LogP contribution is 2.42. The number of quaternary nitrogens is 1. The monoisotopic (exact) mass is 386 g/mol. The molecule has 0 aromatic heterocycles. The first-order chi connectivity index (χ1) is 13.2. The molecule has 8 heteroatoms. The number of azide groups is 1. The number of carbonyl (C=O) groups excluding carboxylic acids is 1. The number of amides is 2. The summed E-state index contributed by atoms with van der Waals surface area (Å²) < 4.78 is -0.367. The highest BCUT2D eigenvalue weighted by Gasteiger charge is 2.58. The van der Waals surface area contributed by atoms with Crippen LogP contribution in [0.25, 0.3) is 10.4 Å². The number of nitrogens with zero attached hydrogens (tertiary/aromatic N) is 5. The molecule has 2 fully saturated rings. The second-order valence-electron chi connectivity index (χ2n) is 8.84. The van der Waals surface area contributed by atoms with Gasteiger partial charge in [0.1, 0.15) is 18.1 Å². The summed E-state index contributed by atoms with van der Waals surface area (Å²) in [7, 11) is 0. The average Bonchev–Trinajstić information content (AvgIpc) is 3.46. The van der Waals surface area contributed by atoms with Gasteiger partial charge in [0.25, 0.3) is 0 Å². The van der Waals surface area contributed by atoms with Gasteiger partial charge in [-0.2, -0.15) is 4.79 Å². The molecule has 0 radical (unpaired) electrons. The van der Waals surface area contributed by atoms with Gasteiger partial charge in [-0.05, 0) is 45.1 Å². The van der Waals surface area contributed by atoms with Crippen molar-refractivity contribution in [3.8, 4) is 0 Å². The van der Waals surface area contributed by atoms with Gasteiger partial charge in [0.15, 0.2) is 6.04 Å². The van der Waals surface area contributed by atoms with Gasteiger partial charge < -0.3 is 10.0 Å². The highest BCUT2D eigenvalue weighted by atomic mass is 16.4. The molecule has 1 heterocycles. The van der Waals surface area contributed by atoms with Crippen LogP contribution in [-0.2, 0) is 4.79 Å². The third kappa shape index (κ3) is 3.57. The van der Waals surface area contributed by atoms with Crippen LogP contribution in [-0.4, -0.2) is 57.7 Å². The fourth-order valence-corrected chi connectivity index (χ4v) is 4.33. The molecule has 150 valence electrons. The zero-order valence-corrected chi connectivity index (χ0v) is 16.7. The van der Waals surface area contributed by atoms with Crippen molar-refractivity contribution >= 4 is 12.0 Å². The van der Waals surface area contributed by atoms with Gasteiger partial charge in [-0.15, -0.1) is 0 Å². The van der Waals surface area contributed by atoms with Crippen LogP contribution in [0.2, 0.25) is 0 Å². The largest absolute Gasteiger partial charge is 0.514 e. The van der Waals surface area contributed by atoms with E-state index in [-0.39, 0.29) is 16.9 Å². The van der Waals surface area contributed by atoms with Crippen molar-refractivity contribution in [2.45, 2.75) is 51.2 Å². The first-order valence-corrected chi connectivity index (χ1v) is 9.70. The molecule has 3 unspecified atom stereocenters. The Kier molecular flexibility index (Phi) is 5.37. The average molecular weight is 386 g/mol. The first kappa shape index (κ1) is 20.2. The summed E-state index contributed by atoms with van der Waals surface area (Å²) in [6.45, 7) is 6.41. The smallest absolute Gasteiger partial charge is 0.435 e. The van der Waals surface area contributed by atoms with Gasteiger partial charge in [0.05, 0.1) is 6.54 Å². The third-order valence-corrected chi connectivity index (χ3v) is 6.07. The van der Waals surface area contributed by atoms with E-state index < -0.39 is 23.7 Å². The Hall–Kier alpha value is -2.57. The van der Waals surface area contributed by atoms with Crippen molar-refractivity contribution in [1.29, 1.82) is 0 Å². The van der Waals surface area contributed by atoms with Gasteiger partial charge in [0, 0.05) is 17.0 Å². The van der Waals surface area contributed by atoms with Crippen LogP contribution in [0.15, 0.2) is 35.4 Å². The molecule has 1 aliphatic heterocycles. The zero-order valence-electron chi connectivity index (χ0n) is 16.7. The van der Waals surface area contributed by atoms with Gasteiger partial charge in [-0.25, -0.2) is 4.48 Å². The van der Waals surface area contributed by atoms with E-state index in [1.807, 2.05) is 51.1 Å². The van der Waals surface area contributed by atoms with Crippen molar-refractivity contribution in [3.05, 3.63) is 46.3 Å². The Bertz CT molecular complexity index is 796. The van der Waals surface area contributed by atoms with Crippen molar-refractivity contribution in [2.75, 3.05) is 19.6 Å². The van der Waals surface area contributed by atoms with E-state index in [2.05, 4.69) is 10.0 Å². The predicted molar refractivity (Wildman–Crippen MR) is 104 cm³/mol. The molecule has 0 bridgehead atoms. The van der Waals surface area contributed by atoms with Crippen molar-refractivity contribution in [3.63, 3.8) is 0 Å². The topological polar surface area (TPSA) is 106 Å². The highest BCUT2D eigenvalue weighted by molar-refractivity contribution is 5.83. The molecular weight excluding hydrogens is 358 g/mol. The molecule has 0 spiro atoms. The van der Waals surface area contributed by atoms with Crippen LogP contribution >= 0.6 is 0 Å². The molecule has 28 heavy (non-hydrogen) atoms. The minimum atomic E-state index is -1.03. The van der Waals surface area contributed by atoms with E-state index in [0.717, 1.165) is 18.4 Å². The van der Waals surface area contributed by atoms with Crippen LogP contribution in [0.1, 0.15) is 45.2 Å². The molecule has 8 nitrogen and oxygen atoms in total. The summed E-state index contributed by atoms with van der Waals surface area (Å²) in [5, 5.41) is 14.2. The van der Waals surface area contributed by atoms with Gasteiger partial charge in [-0.1, -0.05) is 35.4 Å². The summed E-state index contributed by atoms with van der Waals surface area (Å²) in [5.41, 5.74) is 9.19. The lowest BCUT2D eigenvalue weighted by atomic mass is 9.92. The molecule has 2 aliphatic rings. The maximum absolute atomic E-state index is 13.2. The fraction of sp³-hybridized carbons (Fsp3) is 0.600. The Balaban J connectivity index is 2.18. The van der Waals surface area contributed by atoms with Gasteiger partial charge in [0.2, 0.25) is 5.91 Å². The third-order valence-electron chi connectivity index (χ3n) is 6.07. The maximum atomic E-state index is 13.2. The minimum Gasteiger partial charge on any atom is -0.435 e. The second-order valence-corrected chi connectivity index (χ2v) is 8.84. The standard InChI is InChI=1S/C20H27N5O3/c1-20(2,3)25(19(27)28)13-16(22-23-21)18(26)24(11-14-9-10-14)12-17(25)15-7-5-4-6-8-15/h4-8,14,16-17H,9-13H2,1-3H3/p+1. The second kappa shape index (κ2) is 7.45. The van der Waals surface area contributed by atoms with Crippen LogP contribution < -0.4 is 0 Å². The molecule has 1 aromatic rings. The zero-order chi connectivity index (χ0) is 20.5. The Morgan fingerprint density at radius 1 is 1.32 bits per heavy atom. The van der Waals surface area contributed by atoms with Crippen molar-refractivity contribution in [2.24, 2.45) is 11.0 Å². The molecule has 1 N–H and O–H groups in total. The van der Waals surface area contributed by atoms with Gasteiger partial charge >= 0.3 is 6.09 Å². The minimum absolute atomic E-state index is 0.0670. The van der Waals surface area contributed by atoms with Crippen LogP contribution in [0.5, 0.6) is 0 Å². The predicted octanol–water partition coefficient (Wildman–Crippen LogP) is 3.95. The lowest BCUT2D eigenvalue weighted by Crippen LogP contribution is -2.67. The molecule has 1 aromatic carbocycles. The molecule has 3 atom stereocenters. The number of hydrogen-bond donors (Lipinski definition) is 1. The molecule has 3 rings (SSSR count). The summed E-state index contributed by atoms with van der Waals surface area (Å²) in [4.78, 5) is 30.5. The molecule has 1 aliphatic carbocycles. The van der Waals surface area contributed by atoms with Crippen molar-refractivity contribution < 1.29 is 19.2 Å². The lowest BCUT2D eigenvalue weighted by Gasteiger charge is -2.48. The van der Waals surface area contributed by atoms with E-state index in [0.29, 0.717) is 19.0 Å². The van der Waals surface area contributed by atoms with E-state index in [1.165, 1.54) is 0 Å². The summed E-state index contributed by atoms with van der Waals surface area (Å²) in [6.07, 6.45) is 1.13. The van der Waals surface area contributed by atoms with E-state index >= 15 is 0 Å². The molecule has 2 amide bonds. The molecule has 1 saturated carbocycles. The summed E-state index contributed by atoms with van der Waals surface area (Å²) in [5.74, 6) is 0.183. The summed E-state index contributed by atoms with van der Waals surface area (Å²) in [6, 6.07) is 8.00. The number of benzene rings is 1. The maximum Gasteiger partial charge on any atom is 0.514 e. The van der Waals surface area contributed by atoms with Crippen LogP contribution in [0, 0.1) is 5.92 Å². The number of rotatable bonds is 4. The normalized spacial score (nSPS) is 28.4. The van der Waals surface area contributed by atoms with Gasteiger partial charge in [-0.3, -0.25) is 4.79 Å².